The number of nitriles is 1. The second kappa shape index (κ2) is 12.9. The smallest absolute Gasteiger partial charge is 0.410 e. The minimum Gasteiger partial charge on any atom is -0.496 e. The number of amides is 3. The molecule has 0 spiro atoms. The number of methoxy groups -OCH3 is 1. The van der Waals surface area contributed by atoms with Crippen LogP contribution in [0.5, 0.6) is 11.5 Å². The fourth-order valence-corrected chi connectivity index (χ4v) is 7.59. The molecule has 2 heterocycles. The lowest BCUT2D eigenvalue weighted by atomic mass is 9.70. The van der Waals surface area contributed by atoms with Crippen LogP contribution in [0, 0.1) is 28.1 Å². The molecule has 2 saturated heterocycles. The monoisotopic (exact) mass is 652 g/mol. The molecule has 12 nitrogen and oxygen atoms in total. The summed E-state index contributed by atoms with van der Waals surface area (Å²) in [5.41, 5.74) is -1.20. The Labute approximate surface area is 276 Å². The number of carbonyl (C=O) groups excluding carboxylic acids is 3. The van der Waals surface area contributed by atoms with Crippen LogP contribution in [-0.2, 0) is 14.3 Å². The number of benzene rings is 1. The van der Waals surface area contributed by atoms with Crippen LogP contribution in [0.3, 0.4) is 0 Å². The van der Waals surface area contributed by atoms with Crippen molar-refractivity contribution in [1.82, 2.24) is 15.5 Å². The number of carboxylic acids is 1. The Morgan fingerprint density at radius 3 is 2.23 bits per heavy atom. The molecule has 0 unspecified atom stereocenters. The Balaban J connectivity index is 1.39. The van der Waals surface area contributed by atoms with Crippen molar-refractivity contribution in [1.29, 1.82) is 5.26 Å². The van der Waals surface area contributed by atoms with Crippen LogP contribution in [0.25, 0.3) is 0 Å². The van der Waals surface area contributed by atoms with E-state index in [1.54, 1.807) is 32.6 Å². The summed E-state index contributed by atoms with van der Waals surface area (Å²) in [4.78, 5) is 54.6. The normalized spacial score (nSPS) is 29.2. The number of hydrogen-bond donors (Lipinski definition) is 3. The summed E-state index contributed by atoms with van der Waals surface area (Å²) in [6, 6.07) is 3.48. The number of carboxylic acid groups (broad SMARTS) is 1. The molecular formula is C35H48N4O8. The van der Waals surface area contributed by atoms with E-state index in [9.17, 15) is 29.5 Å². The fourth-order valence-electron chi connectivity index (χ4n) is 7.59. The molecule has 4 atom stereocenters. The maximum atomic E-state index is 14.0. The Morgan fingerprint density at radius 1 is 1.02 bits per heavy atom. The van der Waals surface area contributed by atoms with Crippen molar-refractivity contribution in [3.63, 3.8) is 0 Å². The van der Waals surface area contributed by atoms with Gasteiger partial charge in [-0.3, -0.25) is 19.3 Å². The highest BCUT2D eigenvalue weighted by atomic mass is 16.6. The van der Waals surface area contributed by atoms with Gasteiger partial charge < -0.3 is 30.0 Å². The van der Waals surface area contributed by atoms with Crippen LogP contribution in [0.1, 0.15) is 108 Å². The quantitative estimate of drug-likeness (QED) is 0.340. The van der Waals surface area contributed by atoms with Crippen LogP contribution >= 0.6 is 0 Å². The van der Waals surface area contributed by atoms with Crippen molar-refractivity contribution < 1.29 is 38.5 Å². The number of carbonyl (C=O) groups is 4. The van der Waals surface area contributed by atoms with Gasteiger partial charge in [0, 0.05) is 18.7 Å². The molecule has 0 radical (unpaired) electrons. The third kappa shape index (κ3) is 6.99. The molecule has 2 saturated carbocycles. The Kier molecular flexibility index (Phi) is 9.41. The average Bonchev–Trinajstić information content (AvgIpc) is 3.56. The number of fused-ring (bicyclic) bond motifs is 2. The van der Waals surface area contributed by atoms with Crippen LogP contribution in [0.4, 0.5) is 4.79 Å². The molecule has 2 aliphatic heterocycles. The van der Waals surface area contributed by atoms with Gasteiger partial charge in [-0.2, -0.15) is 5.26 Å². The van der Waals surface area contributed by atoms with Gasteiger partial charge in [0.1, 0.15) is 23.2 Å². The summed E-state index contributed by atoms with van der Waals surface area (Å²) in [6.07, 6.45) is 5.43. The highest BCUT2D eigenvalue weighted by molar-refractivity contribution is 5.98. The highest BCUT2D eigenvalue weighted by Gasteiger charge is 2.59. The van der Waals surface area contributed by atoms with Crippen molar-refractivity contribution in [2.24, 2.45) is 16.7 Å². The molecule has 0 aromatic heterocycles. The van der Waals surface area contributed by atoms with Gasteiger partial charge in [0.25, 0.3) is 5.91 Å². The largest absolute Gasteiger partial charge is 0.496 e. The van der Waals surface area contributed by atoms with E-state index in [4.69, 9.17) is 14.2 Å². The molecule has 4 fully saturated rings. The minimum absolute atomic E-state index is 0.0493. The molecule has 12 heteroatoms. The summed E-state index contributed by atoms with van der Waals surface area (Å²) in [7, 11) is 1.40. The average molecular weight is 653 g/mol. The van der Waals surface area contributed by atoms with Gasteiger partial charge in [0.2, 0.25) is 5.91 Å². The number of rotatable bonds is 9. The summed E-state index contributed by atoms with van der Waals surface area (Å²) >= 11 is 0. The summed E-state index contributed by atoms with van der Waals surface area (Å²) in [5.74, 6) is -1.88. The van der Waals surface area contributed by atoms with Crippen molar-refractivity contribution >= 4 is 23.9 Å². The lowest BCUT2D eigenvalue weighted by molar-refractivity contribution is -0.150. The number of nitrogens with zero attached hydrogens (tertiary/aromatic N) is 2. The SMILES string of the molecule is COc1cc(C#N)c(O[C@H]2CC[C@@](C)(C(=O)O)CC2)cc1C(=O)N[C@H]1[C@@H](C(=O)NCC2(C)CCC2)[C@H]2CC[C@@H]1N2C(=O)OC(C)(C)C. The topological polar surface area (TPSA) is 167 Å². The molecule has 3 N–H and O–H groups in total. The third-order valence-electron chi connectivity index (χ3n) is 10.7. The number of ether oxygens (including phenoxy) is 3. The second-order valence-corrected chi connectivity index (χ2v) is 15.4. The van der Waals surface area contributed by atoms with E-state index >= 15 is 0 Å². The summed E-state index contributed by atoms with van der Waals surface area (Å²) < 4.78 is 17.5. The first-order chi connectivity index (χ1) is 22.1. The van der Waals surface area contributed by atoms with Crippen molar-refractivity contribution in [3.8, 4) is 17.6 Å². The first kappa shape index (κ1) is 34.3. The first-order valence-corrected chi connectivity index (χ1v) is 16.7. The predicted molar refractivity (Wildman–Crippen MR) is 171 cm³/mol. The van der Waals surface area contributed by atoms with Crippen LogP contribution < -0.4 is 20.1 Å². The number of aliphatic carboxylic acids is 1. The molecule has 2 aliphatic carbocycles. The summed E-state index contributed by atoms with van der Waals surface area (Å²) in [5, 5.41) is 25.7. The molecule has 47 heavy (non-hydrogen) atoms. The van der Waals surface area contributed by atoms with Crippen LogP contribution in [-0.4, -0.2) is 77.4 Å². The van der Waals surface area contributed by atoms with E-state index in [1.807, 2.05) is 0 Å². The van der Waals surface area contributed by atoms with Gasteiger partial charge in [-0.25, -0.2) is 4.79 Å². The molecule has 256 valence electrons. The minimum atomic E-state index is -0.841. The van der Waals surface area contributed by atoms with Gasteiger partial charge in [0.05, 0.1) is 47.8 Å². The van der Waals surface area contributed by atoms with Crippen molar-refractivity contribution in [2.75, 3.05) is 13.7 Å². The highest BCUT2D eigenvalue weighted by Crippen LogP contribution is 2.45. The van der Waals surface area contributed by atoms with E-state index in [2.05, 4.69) is 23.6 Å². The van der Waals surface area contributed by atoms with E-state index in [0.717, 1.165) is 19.3 Å². The lowest BCUT2D eigenvalue weighted by Gasteiger charge is -2.39. The molecule has 1 aromatic carbocycles. The molecule has 1 aromatic rings. The number of hydrogen-bond acceptors (Lipinski definition) is 8. The summed E-state index contributed by atoms with van der Waals surface area (Å²) in [6.45, 7) is 9.78. The zero-order valence-corrected chi connectivity index (χ0v) is 28.3. The van der Waals surface area contributed by atoms with Gasteiger partial charge in [-0.05, 0) is 90.5 Å². The Morgan fingerprint density at radius 2 is 1.68 bits per heavy atom. The number of nitrogens with one attached hydrogen (secondary N) is 2. The van der Waals surface area contributed by atoms with Gasteiger partial charge >= 0.3 is 12.1 Å². The van der Waals surface area contributed by atoms with E-state index in [-0.39, 0.29) is 40.1 Å². The Hall–Kier alpha value is -4.01. The zero-order valence-electron chi connectivity index (χ0n) is 28.3. The predicted octanol–water partition coefficient (Wildman–Crippen LogP) is 4.78. The van der Waals surface area contributed by atoms with Crippen molar-refractivity contribution in [3.05, 3.63) is 23.3 Å². The van der Waals surface area contributed by atoms with E-state index < -0.39 is 53.0 Å². The molecular weight excluding hydrogens is 604 g/mol. The van der Waals surface area contributed by atoms with Gasteiger partial charge in [-0.1, -0.05) is 13.3 Å². The molecule has 5 rings (SSSR count). The zero-order chi connectivity index (χ0) is 34.3. The lowest BCUT2D eigenvalue weighted by Crippen LogP contribution is -2.53. The maximum Gasteiger partial charge on any atom is 0.410 e. The van der Waals surface area contributed by atoms with Gasteiger partial charge in [-0.15, -0.1) is 0 Å². The van der Waals surface area contributed by atoms with Gasteiger partial charge in [0.15, 0.2) is 0 Å². The standard InChI is InChI=1S/C35H48N4O8/c1-33(2,3)47-32(44)39-23-8-9-24(39)28(27(23)30(41)37-19-34(4)12-7-13-34)38-29(40)22-17-25(20(18-36)16-26(22)45-6)46-21-10-14-35(5,15-11-21)31(42)43/h16-17,21,23-24,27-28H,7-15,19H2,1-6H3,(H,37,41)(H,38,40)(H,42,43)/t21-,23-,24+,27+,28-,35+/m1/s1. The molecule has 4 aliphatic rings. The third-order valence-corrected chi connectivity index (χ3v) is 10.7. The first-order valence-electron chi connectivity index (χ1n) is 16.7. The molecule has 2 bridgehead atoms. The molecule has 3 amide bonds. The second-order valence-electron chi connectivity index (χ2n) is 15.4. The van der Waals surface area contributed by atoms with Crippen molar-refractivity contribution in [2.45, 2.75) is 122 Å². The van der Waals surface area contributed by atoms with Crippen LogP contribution in [0.15, 0.2) is 12.1 Å². The van der Waals surface area contributed by atoms with E-state index in [1.165, 1.54) is 19.2 Å². The maximum absolute atomic E-state index is 14.0. The van der Waals surface area contributed by atoms with Crippen LogP contribution in [0.2, 0.25) is 0 Å². The Bertz CT molecular complexity index is 1450. The van der Waals surface area contributed by atoms with E-state index in [0.29, 0.717) is 45.1 Å². The fraction of sp³-hybridized carbons (Fsp3) is 0.686.